The zero-order chi connectivity index (χ0) is 31.5. The molecule has 19 heteroatoms. The predicted octanol–water partition coefficient (Wildman–Crippen LogP) is 3.79. The first-order valence-corrected chi connectivity index (χ1v) is 16.2. The van der Waals surface area contributed by atoms with E-state index in [-0.39, 0.29) is 52.8 Å². The fourth-order valence-corrected chi connectivity index (χ4v) is 6.32. The van der Waals surface area contributed by atoms with Gasteiger partial charge in [0.2, 0.25) is 10.0 Å². The number of hydrogen-bond acceptors (Lipinski definition) is 13. The molecular weight excluding hydrogens is 614 g/mol. The predicted molar refractivity (Wildman–Crippen MR) is 151 cm³/mol. The normalized spacial score (nSPS) is 13.0. The fourth-order valence-electron chi connectivity index (χ4n) is 3.69. The minimum Gasteiger partial charge on any atom is -0.506 e. The maximum absolute atomic E-state index is 12.9. The Hall–Kier alpha value is -3.85. The SMILES string of the molecule is CCN(CC)S(=O)(=O)c1ccc(O)c(N=Nc2c(N)c(S(=O)(=O)O)cc(N=Nc3cccc(S(=O)(=O)O)c3)c2CN)c1. The highest BCUT2D eigenvalue weighted by Gasteiger charge is 2.25. The number of azo groups is 2. The Balaban J connectivity index is 2.20. The van der Waals surface area contributed by atoms with E-state index >= 15 is 0 Å². The summed E-state index contributed by atoms with van der Waals surface area (Å²) in [5, 5.41) is 25.8. The van der Waals surface area contributed by atoms with Crippen LogP contribution in [-0.4, -0.2) is 56.9 Å². The number of phenols is 1. The van der Waals surface area contributed by atoms with Crippen molar-refractivity contribution in [3.8, 4) is 5.75 Å². The van der Waals surface area contributed by atoms with E-state index in [1.807, 2.05) is 0 Å². The molecule has 0 aliphatic heterocycles. The molecular formula is C23H27N7O9S3. The Bertz CT molecular complexity index is 1890. The molecule has 0 aliphatic rings. The Morgan fingerprint density at radius 2 is 1.43 bits per heavy atom. The average Bonchev–Trinajstić information content (AvgIpc) is 2.91. The standard InChI is InChI=1S/C23H27N7O9S3/c1-3-30(4-2)40(32,33)15-8-9-20(31)19(11-15)28-29-23-17(13-24)18(12-21(22(23)25)42(37,38)39)27-26-14-6-5-7-16(10-14)41(34,35)36/h5-12,31H,3-4,13,24-25H2,1-2H3,(H,34,35,36)(H,37,38,39). The van der Waals surface area contributed by atoms with Gasteiger partial charge in [0.1, 0.15) is 22.0 Å². The van der Waals surface area contributed by atoms with E-state index in [9.17, 15) is 39.5 Å². The second kappa shape index (κ2) is 12.6. The lowest BCUT2D eigenvalue weighted by Gasteiger charge is -2.18. The van der Waals surface area contributed by atoms with Crippen LogP contribution in [0.2, 0.25) is 0 Å². The van der Waals surface area contributed by atoms with Gasteiger partial charge in [0, 0.05) is 25.2 Å². The van der Waals surface area contributed by atoms with Crippen LogP contribution >= 0.6 is 0 Å². The Morgan fingerprint density at radius 3 is 2.00 bits per heavy atom. The third kappa shape index (κ3) is 7.13. The van der Waals surface area contributed by atoms with Gasteiger partial charge < -0.3 is 16.6 Å². The molecule has 0 amide bonds. The van der Waals surface area contributed by atoms with Crippen LogP contribution in [0.4, 0.5) is 28.4 Å². The van der Waals surface area contributed by atoms with Gasteiger partial charge in [-0.05, 0) is 42.5 Å². The van der Waals surface area contributed by atoms with E-state index in [0.717, 1.165) is 30.3 Å². The van der Waals surface area contributed by atoms with Crippen molar-refractivity contribution in [1.29, 1.82) is 0 Å². The molecule has 3 aromatic carbocycles. The Labute approximate surface area is 242 Å². The van der Waals surface area contributed by atoms with Crippen LogP contribution in [0.15, 0.2) is 83.7 Å². The summed E-state index contributed by atoms with van der Waals surface area (Å²) in [7, 11) is -13.5. The molecule has 0 spiro atoms. The molecule has 226 valence electrons. The third-order valence-electron chi connectivity index (χ3n) is 5.80. The number of rotatable bonds is 11. The summed E-state index contributed by atoms with van der Waals surface area (Å²) in [6, 6.07) is 8.89. The van der Waals surface area contributed by atoms with Gasteiger partial charge in [-0.2, -0.15) is 31.4 Å². The zero-order valence-corrected chi connectivity index (χ0v) is 24.6. The molecule has 7 N–H and O–H groups in total. The summed E-state index contributed by atoms with van der Waals surface area (Å²) >= 11 is 0. The summed E-state index contributed by atoms with van der Waals surface area (Å²) in [4.78, 5) is -1.51. The highest BCUT2D eigenvalue weighted by molar-refractivity contribution is 7.89. The molecule has 0 fully saturated rings. The highest BCUT2D eigenvalue weighted by atomic mass is 32.2. The van der Waals surface area contributed by atoms with Crippen LogP contribution in [-0.2, 0) is 36.8 Å². The van der Waals surface area contributed by atoms with Crippen molar-refractivity contribution in [1.82, 2.24) is 4.31 Å². The first-order valence-electron chi connectivity index (χ1n) is 11.9. The fraction of sp³-hybridized carbons (Fsp3) is 0.217. The van der Waals surface area contributed by atoms with Gasteiger partial charge in [-0.3, -0.25) is 9.11 Å². The van der Waals surface area contributed by atoms with Gasteiger partial charge in [0.15, 0.2) is 0 Å². The van der Waals surface area contributed by atoms with Gasteiger partial charge >= 0.3 is 0 Å². The summed E-state index contributed by atoms with van der Waals surface area (Å²) < 4.78 is 93.1. The van der Waals surface area contributed by atoms with Crippen LogP contribution in [0.25, 0.3) is 0 Å². The number of sulfonamides is 1. The van der Waals surface area contributed by atoms with E-state index in [1.165, 1.54) is 22.5 Å². The molecule has 0 radical (unpaired) electrons. The molecule has 3 rings (SSSR count). The minimum absolute atomic E-state index is 0.0234. The number of nitrogen functional groups attached to an aromatic ring is 1. The highest BCUT2D eigenvalue weighted by Crippen LogP contribution is 2.42. The quantitative estimate of drug-likeness (QED) is 0.114. The lowest BCUT2D eigenvalue weighted by Crippen LogP contribution is -2.30. The largest absolute Gasteiger partial charge is 0.506 e. The van der Waals surface area contributed by atoms with E-state index in [0.29, 0.717) is 0 Å². The molecule has 0 bridgehead atoms. The number of anilines is 1. The van der Waals surface area contributed by atoms with Crippen molar-refractivity contribution in [3.05, 3.63) is 54.1 Å². The van der Waals surface area contributed by atoms with Gasteiger partial charge in [-0.1, -0.05) is 19.9 Å². The smallest absolute Gasteiger partial charge is 0.296 e. The van der Waals surface area contributed by atoms with E-state index in [1.54, 1.807) is 13.8 Å². The summed E-state index contributed by atoms with van der Waals surface area (Å²) in [5.41, 5.74) is 10.2. The second-order valence-electron chi connectivity index (χ2n) is 8.43. The topological polar surface area (TPSA) is 268 Å². The monoisotopic (exact) mass is 641 g/mol. The van der Waals surface area contributed by atoms with Crippen molar-refractivity contribution in [2.45, 2.75) is 35.1 Å². The maximum Gasteiger partial charge on any atom is 0.296 e. The zero-order valence-electron chi connectivity index (χ0n) is 22.1. The van der Waals surface area contributed by atoms with Crippen molar-refractivity contribution in [2.75, 3.05) is 18.8 Å². The molecule has 0 unspecified atom stereocenters. The van der Waals surface area contributed by atoms with Crippen molar-refractivity contribution in [3.63, 3.8) is 0 Å². The number of benzene rings is 3. The number of hydrogen-bond donors (Lipinski definition) is 5. The molecule has 0 atom stereocenters. The van der Waals surface area contributed by atoms with Crippen LogP contribution < -0.4 is 11.5 Å². The van der Waals surface area contributed by atoms with Crippen molar-refractivity contribution < 1.29 is 39.5 Å². The van der Waals surface area contributed by atoms with Gasteiger partial charge in [0.25, 0.3) is 20.2 Å². The Kier molecular flexibility index (Phi) is 9.77. The second-order valence-corrected chi connectivity index (χ2v) is 13.2. The lowest BCUT2D eigenvalue weighted by molar-refractivity contribution is 0.444. The van der Waals surface area contributed by atoms with Gasteiger partial charge in [-0.15, -0.1) is 10.2 Å². The molecule has 42 heavy (non-hydrogen) atoms. The van der Waals surface area contributed by atoms with Crippen LogP contribution in [0.3, 0.4) is 0 Å². The first kappa shape index (κ1) is 32.7. The molecule has 16 nitrogen and oxygen atoms in total. The minimum atomic E-state index is -4.96. The summed E-state index contributed by atoms with van der Waals surface area (Å²) in [6.07, 6.45) is 0. The van der Waals surface area contributed by atoms with Crippen LogP contribution in [0.5, 0.6) is 5.75 Å². The van der Waals surface area contributed by atoms with Gasteiger partial charge in [0.05, 0.1) is 26.9 Å². The van der Waals surface area contributed by atoms with Crippen LogP contribution in [0.1, 0.15) is 19.4 Å². The number of phenolic OH excluding ortho intramolecular Hbond substituents is 1. The number of nitrogens with two attached hydrogens (primary N) is 2. The van der Waals surface area contributed by atoms with Crippen LogP contribution in [0, 0.1) is 0 Å². The Morgan fingerprint density at radius 1 is 0.786 bits per heavy atom. The molecule has 0 saturated heterocycles. The van der Waals surface area contributed by atoms with Gasteiger partial charge in [-0.25, -0.2) is 8.42 Å². The molecule has 3 aromatic rings. The van der Waals surface area contributed by atoms with E-state index in [4.69, 9.17) is 11.5 Å². The number of nitrogens with zero attached hydrogens (tertiary/aromatic N) is 5. The van der Waals surface area contributed by atoms with E-state index < -0.39 is 51.5 Å². The lowest BCUT2D eigenvalue weighted by atomic mass is 10.1. The third-order valence-corrected chi connectivity index (χ3v) is 9.59. The van der Waals surface area contributed by atoms with E-state index in [2.05, 4.69) is 20.5 Å². The maximum atomic E-state index is 12.9. The average molecular weight is 642 g/mol. The van der Waals surface area contributed by atoms with Crippen molar-refractivity contribution in [2.24, 2.45) is 26.2 Å². The first-order chi connectivity index (χ1) is 19.5. The molecule has 0 aliphatic carbocycles. The van der Waals surface area contributed by atoms with Crippen molar-refractivity contribution >= 4 is 58.7 Å². The molecule has 0 heterocycles. The molecule has 0 saturated carbocycles. The number of aromatic hydroxyl groups is 1. The molecule has 0 aromatic heterocycles. The summed E-state index contributed by atoms with van der Waals surface area (Å²) in [5.74, 6) is -0.463. The summed E-state index contributed by atoms with van der Waals surface area (Å²) in [6.45, 7) is 3.31.